The van der Waals surface area contributed by atoms with Crippen molar-refractivity contribution >= 4 is 28.7 Å². The van der Waals surface area contributed by atoms with Crippen LogP contribution in [-0.2, 0) is 9.59 Å². The van der Waals surface area contributed by atoms with Crippen molar-refractivity contribution in [2.24, 2.45) is 5.41 Å². The van der Waals surface area contributed by atoms with Gasteiger partial charge < -0.3 is 20.8 Å². The molecule has 4 N–H and O–H groups in total. The van der Waals surface area contributed by atoms with E-state index in [2.05, 4.69) is 10.6 Å². The molecule has 1 aromatic carbocycles. The fraction of sp³-hybridized carbons (Fsp3) is 0.500. The van der Waals surface area contributed by atoms with Crippen molar-refractivity contribution in [3.63, 3.8) is 0 Å². The van der Waals surface area contributed by atoms with E-state index >= 15 is 0 Å². The Balaban J connectivity index is 2.17. The largest absolute Gasteiger partial charge is 0.396 e. The quantitative estimate of drug-likeness (QED) is 0.440. The maximum Gasteiger partial charge on any atom is 0.249 e. The Bertz CT molecular complexity index is 607. The Hall–Kier alpha value is -1.90. The van der Waals surface area contributed by atoms with Crippen LogP contribution in [0.15, 0.2) is 30.3 Å². The van der Waals surface area contributed by atoms with Crippen molar-refractivity contribution in [2.75, 3.05) is 25.4 Å². The monoisotopic (exact) mass is 382 g/mol. The van der Waals surface area contributed by atoms with Crippen LogP contribution in [0, 0.1) is 5.41 Å². The highest BCUT2D eigenvalue weighted by atomic mass is 32.2. The maximum absolute atomic E-state index is 11.9. The predicted molar refractivity (Wildman–Crippen MR) is 101 cm³/mol. The molecule has 8 heteroatoms. The van der Waals surface area contributed by atoms with E-state index < -0.39 is 17.4 Å². The molecule has 0 bridgehead atoms. The zero-order chi connectivity index (χ0) is 19.6. The zero-order valence-electron chi connectivity index (χ0n) is 15.0. The second-order valence-corrected chi connectivity index (χ2v) is 7.51. The molecule has 1 atom stereocenters. The summed E-state index contributed by atoms with van der Waals surface area (Å²) in [7, 11) is 0. The van der Waals surface area contributed by atoms with Crippen molar-refractivity contribution in [2.45, 2.75) is 26.4 Å². The van der Waals surface area contributed by atoms with E-state index in [1.807, 2.05) is 6.07 Å². The molecule has 144 valence electrons. The van der Waals surface area contributed by atoms with Crippen LogP contribution in [0.4, 0.5) is 0 Å². The lowest BCUT2D eigenvalue weighted by atomic mass is 9.87. The normalized spacial score (nSPS) is 12.3. The summed E-state index contributed by atoms with van der Waals surface area (Å²) in [4.78, 5) is 35.3. The van der Waals surface area contributed by atoms with Crippen LogP contribution in [0.3, 0.4) is 0 Å². The zero-order valence-corrected chi connectivity index (χ0v) is 15.8. The maximum atomic E-state index is 11.9. The van der Waals surface area contributed by atoms with Gasteiger partial charge in [-0.15, -0.1) is 0 Å². The number of aliphatic hydroxyl groups is 2. The van der Waals surface area contributed by atoms with Gasteiger partial charge in [-0.3, -0.25) is 14.4 Å². The van der Waals surface area contributed by atoms with Gasteiger partial charge in [-0.05, 0) is 0 Å². The SMILES string of the molecule is CC(C)(CO)[C@H](O)C(=O)NCCC(=O)NCCSC(=O)c1ccccc1. The molecule has 0 aromatic heterocycles. The van der Waals surface area contributed by atoms with Crippen LogP contribution in [0.25, 0.3) is 0 Å². The van der Waals surface area contributed by atoms with Crippen molar-refractivity contribution < 1.29 is 24.6 Å². The third kappa shape index (κ3) is 7.55. The Morgan fingerprint density at radius 1 is 1.12 bits per heavy atom. The molecule has 7 nitrogen and oxygen atoms in total. The third-order valence-electron chi connectivity index (χ3n) is 3.71. The highest BCUT2D eigenvalue weighted by Gasteiger charge is 2.32. The number of rotatable bonds is 10. The fourth-order valence-electron chi connectivity index (χ4n) is 1.92. The van der Waals surface area contributed by atoms with Crippen LogP contribution in [0.2, 0.25) is 0 Å². The highest BCUT2D eigenvalue weighted by Crippen LogP contribution is 2.19. The summed E-state index contributed by atoms with van der Waals surface area (Å²) in [6, 6.07) is 8.90. The summed E-state index contributed by atoms with van der Waals surface area (Å²) in [5, 5.41) is 24.0. The first-order valence-electron chi connectivity index (χ1n) is 8.33. The van der Waals surface area contributed by atoms with E-state index in [-0.39, 0.29) is 30.6 Å². The minimum Gasteiger partial charge on any atom is -0.396 e. The van der Waals surface area contributed by atoms with Gasteiger partial charge in [-0.1, -0.05) is 55.9 Å². The molecule has 0 unspecified atom stereocenters. The molecule has 26 heavy (non-hydrogen) atoms. The predicted octanol–water partition coefficient (Wildman–Crippen LogP) is 0.562. The number of carbonyl (C=O) groups excluding carboxylic acids is 3. The first-order valence-corrected chi connectivity index (χ1v) is 9.32. The molecule has 0 saturated heterocycles. The summed E-state index contributed by atoms with van der Waals surface area (Å²) >= 11 is 1.13. The topological polar surface area (TPSA) is 116 Å². The van der Waals surface area contributed by atoms with Gasteiger partial charge in [0, 0.05) is 36.2 Å². The second kappa shape index (κ2) is 10.9. The van der Waals surface area contributed by atoms with Gasteiger partial charge in [0.05, 0.1) is 6.61 Å². The van der Waals surface area contributed by atoms with Gasteiger partial charge >= 0.3 is 0 Å². The molecule has 0 saturated carbocycles. The lowest BCUT2D eigenvalue weighted by molar-refractivity contribution is -0.137. The Labute approximate surface area is 157 Å². The van der Waals surface area contributed by atoms with Gasteiger partial charge in [0.15, 0.2) is 0 Å². The molecular weight excluding hydrogens is 356 g/mol. The van der Waals surface area contributed by atoms with Crippen LogP contribution in [0.1, 0.15) is 30.6 Å². The molecule has 0 fully saturated rings. The lowest BCUT2D eigenvalue weighted by Crippen LogP contribution is -2.46. The van der Waals surface area contributed by atoms with E-state index in [0.717, 1.165) is 11.8 Å². The molecule has 0 spiro atoms. The lowest BCUT2D eigenvalue weighted by Gasteiger charge is -2.27. The summed E-state index contributed by atoms with van der Waals surface area (Å²) < 4.78 is 0. The number of hydrogen-bond acceptors (Lipinski definition) is 6. The standard InChI is InChI=1S/C18H26N2O5S/c1-18(2,12-21)15(23)16(24)20-9-8-14(22)19-10-11-26-17(25)13-6-4-3-5-7-13/h3-7,15,21,23H,8-12H2,1-2H3,(H,19,22)(H,20,24)/t15-/m1/s1. The van der Waals surface area contributed by atoms with Gasteiger partial charge in [0.2, 0.25) is 16.9 Å². The number of benzene rings is 1. The van der Waals surface area contributed by atoms with E-state index in [1.54, 1.807) is 38.1 Å². The van der Waals surface area contributed by atoms with Crippen molar-refractivity contribution in [1.29, 1.82) is 0 Å². The first kappa shape index (κ1) is 22.1. The van der Waals surface area contributed by atoms with Crippen molar-refractivity contribution in [3.8, 4) is 0 Å². The first-order chi connectivity index (χ1) is 12.3. The average Bonchev–Trinajstić information content (AvgIpc) is 2.64. The summed E-state index contributed by atoms with van der Waals surface area (Å²) in [6.45, 7) is 3.23. The van der Waals surface area contributed by atoms with Gasteiger partial charge in [-0.2, -0.15) is 0 Å². The molecule has 0 aliphatic heterocycles. The van der Waals surface area contributed by atoms with Gasteiger partial charge in [-0.25, -0.2) is 0 Å². The van der Waals surface area contributed by atoms with Gasteiger partial charge in [0.25, 0.3) is 0 Å². The van der Waals surface area contributed by atoms with Crippen molar-refractivity contribution in [3.05, 3.63) is 35.9 Å². The third-order valence-corrected chi connectivity index (χ3v) is 4.62. The fourth-order valence-corrected chi connectivity index (χ4v) is 2.61. The second-order valence-electron chi connectivity index (χ2n) is 6.44. The molecule has 1 rings (SSSR count). The highest BCUT2D eigenvalue weighted by molar-refractivity contribution is 8.14. The molecule has 0 aliphatic carbocycles. The summed E-state index contributed by atoms with van der Waals surface area (Å²) in [5.74, 6) is -0.426. The van der Waals surface area contributed by atoms with Crippen LogP contribution >= 0.6 is 11.8 Å². The minimum atomic E-state index is -1.35. The van der Waals surface area contributed by atoms with Crippen LogP contribution < -0.4 is 10.6 Å². The molecule has 0 aliphatic rings. The van der Waals surface area contributed by atoms with E-state index in [0.29, 0.717) is 17.9 Å². The van der Waals surface area contributed by atoms with Gasteiger partial charge in [0.1, 0.15) is 6.10 Å². The smallest absolute Gasteiger partial charge is 0.249 e. The minimum absolute atomic E-state index is 0.0485. The van der Waals surface area contributed by atoms with E-state index in [9.17, 15) is 19.5 Å². The number of hydrogen-bond donors (Lipinski definition) is 4. The number of carbonyl (C=O) groups is 3. The Morgan fingerprint density at radius 2 is 1.77 bits per heavy atom. The molecular formula is C18H26N2O5S. The summed E-state index contributed by atoms with van der Waals surface area (Å²) in [5.41, 5.74) is -0.328. The number of thioether (sulfide) groups is 1. The van der Waals surface area contributed by atoms with Crippen molar-refractivity contribution in [1.82, 2.24) is 10.6 Å². The Morgan fingerprint density at radius 3 is 2.38 bits per heavy atom. The van der Waals surface area contributed by atoms with E-state index in [1.165, 1.54) is 0 Å². The Kier molecular flexibility index (Phi) is 9.32. The van der Waals surface area contributed by atoms with E-state index in [4.69, 9.17) is 5.11 Å². The molecule has 1 aromatic rings. The molecule has 0 heterocycles. The summed E-state index contributed by atoms with van der Waals surface area (Å²) in [6.07, 6.45) is -1.29. The van der Waals surface area contributed by atoms with Crippen LogP contribution in [-0.4, -0.2) is 58.7 Å². The van der Waals surface area contributed by atoms with Crippen LogP contribution in [0.5, 0.6) is 0 Å². The number of nitrogens with one attached hydrogen (secondary N) is 2. The number of aliphatic hydroxyl groups excluding tert-OH is 2. The molecule has 0 radical (unpaired) electrons. The average molecular weight is 382 g/mol. The number of amides is 2. The molecule has 2 amide bonds.